The summed E-state index contributed by atoms with van der Waals surface area (Å²) in [6.07, 6.45) is 3.47. The lowest BCUT2D eigenvalue weighted by Crippen LogP contribution is -2.21. The third-order valence-electron chi connectivity index (χ3n) is 3.69. The Labute approximate surface area is 151 Å². The minimum atomic E-state index is -0.196. The molecule has 2 aromatic carbocycles. The molecule has 5 heteroatoms. The lowest BCUT2D eigenvalue weighted by Gasteiger charge is -2.12. The number of rotatable bonds is 5. The van der Waals surface area contributed by atoms with E-state index in [1.807, 2.05) is 31.2 Å². The predicted octanol–water partition coefficient (Wildman–Crippen LogP) is 4.71. The molecule has 1 aliphatic heterocycles. The number of benzene rings is 2. The van der Waals surface area contributed by atoms with E-state index in [9.17, 15) is 4.79 Å². The third kappa shape index (κ3) is 3.64. The van der Waals surface area contributed by atoms with Crippen molar-refractivity contribution in [3.63, 3.8) is 0 Å². The van der Waals surface area contributed by atoms with Crippen molar-refractivity contribution in [2.24, 2.45) is 5.10 Å². The average molecular weight is 353 g/mol. The van der Waals surface area contributed by atoms with E-state index in [2.05, 4.69) is 11.7 Å². The fourth-order valence-electron chi connectivity index (χ4n) is 2.50. The quantitative estimate of drug-likeness (QED) is 0.577. The SMILES string of the molecule is C=CCOc1ccccc1C=C1C(=O)N(c2cccc(Cl)c2)N=C1C. The molecule has 0 spiro atoms. The zero-order chi connectivity index (χ0) is 17.8. The highest BCUT2D eigenvalue weighted by atomic mass is 35.5. The van der Waals surface area contributed by atoms with Crippen molar-refractivity contribution in [1.82, 2.24) is 0 Å². The van der Waals surface area contributed by atoms with Crippen LogP contribution < -0.4 is 9.75 Å². The van der Waals surface area contributed by atoms with Gasteiger partial charge in [-0.25, -0.2) is 0 Å². The maximum absolute atomic E-state index is 12.8. The number of hydrogen-bond acceptors (Lipinski definition) is 3. The van der Waals surface area contributed by atoms with Crippen LogP contribution in [-0.4, -0.2) is 18.2 Å². The number of anilines is 1. The molecule has 0 atom stereocenters. The number of para-hydroxylation sites is 1. The molecule has 1 heterocycles. The summed E-state index contributed by atoms with van der Waals surface area (Å²) in [4.78, 5) is 12.8. The van der Waals surface area contributed by atoms with Gasteiger partial charge in [0.2, 0.25) is 0 Å². The first-order valence-electron chi connectivity index (χ1n) is 7.80. The minimum Gasteiger partial charge on any atom is -0.489 e. The highest BCUT2D eigenvalue weighted by Gasteiger charge is 2.29. The number of hydrogen-bond donors (Lipinski definition) is 0. The number of carbonyl (C=O) groups is 1. The molecule has 0 N–H and O–H groups in total. The topological polar surface area (TPSA) is 41.9 Å². The normalized spacial score (nSPS) is 15.4. The molecule has 25 heavy (non-hydrogen) atoms. The van der Waals surface area contributed by atoms with Gasteiger partial charge in [-0.3, -0.25) is 4.79 Å². The van der Waals surface area contributed by atoms with E-state index in [0.29, 0.717) is 34.4 Å². The summed E-state index contributed by atoms with van der Waals surface area (Å²) in [5.74, 6) is 0.495. The van der Waals surface area contributed by atoms with Gasteiger partial charge in [-0.2, -0.15) is 10.1 Å². The first kappa shape index (κ1) is 17.0. The number of ether oxygens (including phenoxy) is 1. The molecule has 2 aromatic rings. The van der Waals surface area contributed by atoms with E-state index < -0.39 is 0 Å². The molecule has 0 aromatic heterocycles. The van der Waals surface area contributed by atoms with Crippen molar-refractivity contribution in [2.45, 2.75) is 6.92 Å². The summed E-state index contributed by atoms with van der Waals surface area (Å²) in [5, 5.41) is 6.28. The van der Waals surface area contributed by atoms with Gasteiger partial charge in [-0.05, 0) is 37.3 Å². The van der Waals surface area contributed by atoms with E-state index >= 15 is 0 Å². The van der Waals surface area contributed by atoms with E-state index in [1.54, 1.807) is 36.4 Å². The van der Waals surface area contributed by atoms with Gasteiger partial charge in [0.05, 0.1) is 17.0 Å². The van der Waals surface area contributed by atoms with Crippen molar-refractivity contribution in [1.29, 1.82) is 0 Å². The molecule has 4 nitrogen and oxygen atoms in total. The highest BCUT2D eigenvalue weighted by molar-refractivity contribution is 6.33. The second-order valence-corrected chi connectivity index (χ2v) is 5.91. The van der Waals surface area contributed by atoms with Crippen LogP contribution in [0.1, 0.15) is 12.5 Å². The van der Waals surface area contributed by atoms with E-state index in [1.165, 1.54) is 5.01 Å². The van der Waals surface area contributed by atoms with Gasteiger partial charge in [0.15, 0.2) is 0 Å². The number of halogens is 1. The zero-order valence-electron chi connectivity index (χ0n) is 13.8. The molecule has 0 saturated heterocycles. The van der Waals surface area contributed by atoms with Gasteiger partial charge in [0, 0.05) is 10.6 Å². The van der Waals surface area contributed by atoms with Crippen molar-refractivity contribution < 1.29 is 9.53 Å². The van der Waals surface area contributed by atoms with Gasteiger partial charge < -0.3 is 4.74 Å². The first-order valence-corrected chi connectivity index (χ1v) is 8.18. The van der Waals surface area contributed by atoms with Crippen LogP contribution in [0.25, 0.3) is 6.08 Å². The van der Waals surface area contributed by atoms with Gasteiger partial charge in [0.25, 0.3) is 5.91 Å². The molecule has 1 amide bonds. The minimum absolute atomic E-state index is 0.196. The number of nitrogens with zero attached hydrogens (tertiary/aromatic N) is 2. The van der Waals surface area contributed by atoms with Crippen LogP contribution in [0, 0.1) is 0 Å². The number of hydrazone groups is 1. The maximum Gasteiger partial charge on any atom is 0.280 e. The summed E-state index contributed by atoms with van der Waals surface area (Å²) in [6, 6.07) is 14.6. The Bertz CT molecular complexity index is 887. The lowest BCUT2D eigenvalue weighted by molar-refractivity contribution is -0.114. The maximum atomic E-state index is 12.8. The van der Waals surface area contributed by atoms with Crippen LogP contribution in [0.4, 0.5) is 5.69 Å². The van der Waals surface area contributed by atoms with Crippen molar-refractivity contribution in [3.05, 3.63) is 77.3 Å². The zero-order valence-corrected chi connectivity index (χ0v) is 14.5. The highest BCUT2D eigenvalue weighted by Crippen LogP contribution is 2.28. The van der Waals surface area contributed by atoms with Gasteiger partial charge in [-0.1, -0.05) is 48.5 Å². The molecule has 0 bridgehead atoms. The summed E-state index contributed by atoms with van der Waals surface area (Å²) in [7, 11) is 0. The van der Waals surface area contributed by atoms with Gasteiger partial charge in [-0.15, -0.1) is 0 Å². The predicted molar refractivity (Wildman–Crippen MR) is 102 cm³/mol. The summed E-state index contributed by atoms with van der Waals surface area (Å²) >= 11 is 6.02. The molecule has 1 aliphatic rings. The summed E-state index contributed by atoms with van der Waals surface area (Å²) in [6.45, 7) is 5.86. The Morgan fingerprint density at radius 2 is 2.04 bits per heavy atom. The molecular formula is C20H17ClN2O2. The second kappa shape index (κ2) is 7.36. The Morgan fingerprint density at radius 1 is 1.24 bits per heavy atom. The Balaban J connectivity index is 1.94. The van der Waals surface area contributed by atoms with Crippen LogP contribution in [0.15, 0.2) is 71.9 Å². The van der Waals surface area contributed by atoms with E-state index in [-0.39, 0.29) is 5.91 Å². The van der Waals surface area contributed by atoms with Crippen molar-refractivity contribution in [3.8, 4) is 5.75 Å². The monoisotopic (exact) mass is 352 g/mol. The van der Waals surface area contributed by atoms with Crippen LogP contribution in [-0.2, 0) is 4.79 Å². The molecule has 0 radical (unpaired) electrons. The van der Waals surface area contributed by atoms with Gasteiger partial charge >= 0.3 is 0 Å². The van der Waals surface area contributed by atoms with E-state index in [0.717, 1.165) is 5.56 Å². The molecule has 3 rings (SSSR count). The van der Waals surface area contributed by atoms with Crippen LogP contribution in [0.3, 0.4) is 0 Å². The third-order valence-corrected chi connectivity index (χ3v) is 3.93. The molecular weight excluding hydrogens is 336 g/mol. The molecule has 0 fully saturated rings. The largest absolute Gasteiger partial charge is 0.489 e. The summed E-state index contributed by atoms with van der Waals surface area (Å²) in [5.41, 5.74) is 2.62. The molecule has 0 saturated carbocycles. The lowest BCUT2D eigenvalue weighted by atomic mass is 10.1. The smallest absolute Gasteiger partial charge is 0.280 e. The fraction of sp³-hybridized carbons (Fsp3) is 0.100. The first-order chi connectivity index (χ1) is 12.1. The average Bonchev–Trinajstić information content (AvgIpc) is 2.89. The van der Waals surface area contributed by atoms with Crippen LogP contribution in [0.5, 0.6) is 5.75 Å². The number of carbonyl (C=O) groups excluding carboxylic acids is 1. The van der Waals surface area contributed by atoms with Crippen molar-refractivity contribution in [2.75, 3.05) is 11.6 Å². The van der Waals surface area contributed by atoms with Crippen LogP contribution in [0.2, 0.25) is 5.02 Å². The Kier molecular flexibility index (Phi) is 5.00. The van der Waals surface area contributed by atoms with Crippen molar-refractivity contribution >= 4 is 35.0 Å². The van der Waals surface area contributed by atoms with Crippen LogP contribution >= 0.6 is 11.6 Å². The second-order valence-electron chi connectivity index (χ2n) is 5.48. The number of amides is 1. The van der Waals surface area contributed by atoms with E-state index in [4.69, 9.17) is 16.3 Å². The molecule has 126 valence electrons. The fourth-order valence-corrected chi connectivity index (χ4v) is 2.69. The van der Waals surface area contributed by atoms with Gasteiger partial charge in [0.1, 0.15) is 12.4 Å². The molecule has 0 aliphatic carbocycles. The Hall–Kier alpha value is -2.85. The Morgan fingerprint density at radius 3 is 2.80 bits per heavy atom. The molecule has 0 unspecified atom stereocenters. The summed E-state index contributed by atoms with van der Waals surface area (Å²) < 4.78 is 5.65. The standard InChI is InChI=1S/C20H17ClN2O2/c1-3-11-25-19-10-5-4-7-15(19)12-18-14(2)22-23(20(18)24)17-9-6-8-16(21)13-17/h3-10,12-13H,1,11H2,2H3.